The van der Waals surface area contributed by atoms with Gasteiger partial charge in [0.05, 0.1) is 5.69 Å². The van der Waals surface area contributed by atoms with E-state index >= 15 is 0 Å². The monoisotopic (exact) mass is 227 g/mol. The lowest BCUT2D eigenvalue weighted by molar-refractivity contribution is 0.196. The van der Waals surface area contributed by atoms with Crippen molar-refractivity contribution >= 4 is 0 Å². The zero-order chi connectivity index (χ0) is 12.1. The number of pyridine rings is 1. The van der Waals surface area contributed by atoms with Gasteiger partial charge in [0.15, 0.2) is 0 Å². The molecule has 2 nitrogen and oxygen atoms in total. The van der Waals surface area contributed by atoms with Gasteiger partial charge in [-0.1, -0.05) is 30.7 Å². The molecule has 0 saturated heterocycles. The first-order valence-electron chi connectivity index (χ1n) is 5.94. The molecule has 0 spiro atoms. The van der Waals surface area contributed by atoms with Crippen molar-refractivity contribution in [2.24, 2.45) is 0 Å². The van der Waals surface area contributed by atoms with Crippen LogP contribution in [0.25, 0.3) is 0 Å². The minimum Gasteiger partial charge on any atom is -0.484 e. The molecular weight excluding hydrogens is 210 g/mol. The van der Waals surface area contributed by atoms with Crippen LogP contribution in [0.4, 0.5) is 0 Å². The maximum atomic E-state index is 5.94. The summed E-state index contributed by atoms with van der Waals surface area (Å²) in [4.78, 5) is 4.34. The molecule has 0 aliphatic rings. The van der Waals surface area contributed by atoms with Gasteiger partial charge in [-0.05, 0) is 37.6 Å². The minimum atomic E-state index is 0.0268. The molecule has 0 fully saturated rings. The number of aromatic nitrogens is 1. The van der Waals surface area contributed by atoms with Crippen LogP contribution in [0.5, 0.6) is 5.75 Å². The van der Waals surface area contributed by atoms with Crippen LogP contribution in [-0.2, 0) is 0 Å². The van der Waals surface area contributed by atoms with Gasteiger partial charge in [0, 0.05) is 6.20 Å². The standard InChI is InChI=1S/C15H17NO/c1-3-15(14-6-4-5-11-16-14)17-13-9-7-12(2)8-10-13/h4-11,15H,3H2,1-2H3. The van der Waals surface area contributed by atoms with Gasteiger partial charge in [0.2, 0.25) is 0 Å². The van der Waals surface area contributed by atoms with Crippen molar-refractivity contribution < 1.29 is 4.74 Å². The van der Waals surface area contributed by atoms with E-state index in [0.717, 1.165) is 17.9 Å². The van der Waals surface area contributed by atoms with E-state index < -0.39 is 0 Å². The summed E-state index contributed by atoms with van der Waals surface area (Å²) >= 11 is 0. The molecular formula is C15H17NO. The van der Waals surface area contributed by atoms with Gasteiger partial charge in [-0.2, -0.15) is 0 Å². The molecule has 1 aromatic carbocycles. The second kappa shape index (κ2) is 5.48. The lowest BCUT2D eigenvalue weighted by atomic mass is 10.2. The predicted molar refractivity (Wildman–Crippen MR) is 69.1 cm³/mol. The fraction of sp³-hybridized carbons (Fsp3) is 0.267. The Labute approximate surface area is 102 Å². The maximum Gasteiger partial charge on any atom is 0.140 e. The summed E-state index contributed by atoms with van der Waals surface area (Å²) in [6, 6.07) is 14.0. The zero-order valence-corrected chi connectivity index (χ0v) is 10.3. The molecule has 0 aliphatic carbocycles. The number of hydrogen-bond donors (Lipinski definition) is 0. The smallest absolute Gasteiger partial charge is 0.140 e. The summed E-state index contributed by atoms with van der Waals surface area (Å²) in [7, 11) is 0. The van der Waals surface area contributed by atoms with E-state index in [1.165, 1.54) is 5.56 Å². The summed E-state index contributed by atoms with van der Waals surface area (Å²) in [5.74, 6) is 0.896. The van der Waals surface area contributed by atoms with Crippen molar-refractivity contribution in [1.82, 2.24) is 4.98 Å². The van der Waals surface area contributed by atoms with Gasteiger partial charge in [-0.3, -0.25) is 4.98 Å². The molecule has 2 heteroatoms. The Morgan fingerprint density at radius 1 is 1.12 bits per heavy atom. The largest absolute Gasteiger partial charge is 0.484 e. The third-order valence-corrected chi connectivity index (χ3v) is 2.69. The first kappa shape index (κ1) is 11.6. The Hall–Kier alpha value is -1.83. The van der Waals surface area contributed by atoms with Gasteiger partial charge in [0.1, 0.15) is 11.9 Å². The summed E-state index contributed by atoms with van der Waals surface area (Å²) in [6.45, 7) is 4.17. The van der Waals surface area contributed by atoms with E-state index in [2.05, 4.69) is 31.0 Å². The van der Waals surface area contributed by atoms with Crippen LogP contribution in [0, 0.1) is 6.92 Å². The highest BCUT2D eigenvalue weighted by molar-refractivity contribution is 5.27. The van der Waals surface area contributed by atoms with Crippen molar-refractivity contribution in [3.8, 4) is 5.75 Å². The molecule has 0 aliphatic heterocycles. The lowest BCUT2D eigenvalue weighted by Gasteiger charge is -2.17. The van der Waals surface area contributed by atoms with Crippen molar-refractivity contribution in [2.45, 2.75) is 26.4 Å². The average Bonchev–Trinajstić information content (AvgIpc) is 2.39. The fourth-order valence-corrected chi connectivity index (χ4v) is 1.70. The Kier molecular flexibility index (Phi) is 3.76. The van der Waals surface area contributed by atoms with E-state index in [1.807, 2.05) is 30.3 Å². The van der Waals surface area contributed by atoms with Crippen LogP contribution in [-0.4, -0.2) is 4.98 Å². The predicted octanol–water partition coefficient (Wildman–Crippen LogP) is 3.92. The van der Waals surface area contributed by atoms with E-state index in [4.69, 9.17) is 4.74 Å². The highest BCUT2D eigenvalue weighted by Crippen LogP contribution is 2.23. The number of ether oxygens (including phenoxy) is 1. The van der Waals surface area contributed by atoms with E-state index in [9.17, 15) is 0 Å². The Bertz CT molecular complexity index is 450. The highest BCUT2D eigenvalue weighted by atomic mass is 16.5. The first-order chi connectivity index (χ1) is 8.29. The fourth-order valence-electron chi connectivity index (χ4n) is 1.70. The maximum absolute atomic E-state index is 5.94. The van der Waals surface area contributed by atoms with Gasteiger partial charge in [-0.25, -0.2) is 0 Å². The second-order valence-electron chi connectivity index (χ2n) is 4.08. The molecule has 1 atom stereocenters. The number of rotatable bonds is 4. The molecule has 0 saturated carbocycles. The van der Waals surface area contributed by atoms with Crippen molar-refractivity contribution in [1.29, 1.82) is 0 Å². The molecule has 88 valence electrons. The third kappa shape index (κ3) is 3.06. The number of aryl methyl sites for hydroxylation is 1. The quantitative estimate of drug-likeness (QED) is 0.789. The van der Waals surface area contributed by atoms with Gasteiger partial charge in [-0.15, -0.1) is 0 Å². The van der Waals surface area contributed by atoms with Crippen molar-refractivity contribution in [3.05, 3.63) is 59.9 Å². The zero-order valence-electron chi connectivity index (χ0n) is 10.3. The molecule has 0 amide bonds. The summed E-state index contributed by atoms with van der Waals surface area (Å²) < 4.78 is 5.94. The van der Waals surface area contributed by atoms with Crippen molar-refractivity contribution in [3.63, 3.8) is 0 Å². The van der Waals surface area contributed by atoms with E-state index in [0.29, 0.717) is 0 Å². The molecule has 0 radical (unpaired) electrons. The molecule has 0 N–H and O–H groups in total. The molecule has 1 unspecified atom stereocenters. The van der Waals surface area contributed by atoms with Gasteiger partial charge in [0.25, 0.3) is 0 Å². The molecule has 1 aromatic heterocycles. The normalized spacial score (nSPS) is 12.1. The number of nitrogens with zero attached hydrogens (tertiary/aromatic N) is 1. The molecule has 1 heterocycles. The van der Waals surface area contributed by atoms with Crippen LogP contribution in [0.3, 0.4) is 0 Å². The van der Waals surface area contributed by atoms with Crippen LogP contribution >= 0.6 is 0 Å². The van der Waals surface area contributed by atoms with Gasteiger partial charge < -0.3 is 4.74 Å². The SMILES string of the molecule is CCC(Oc1ccc(C)cc1)c1ccccn1. The summed E-state index contributed by atoms with van der Waals surface area (Å²) in [6.07, 6.45) is 2.74. The van der Waals surface area contributed by atoms with Crippen LogP contribution in [0.2, 0.25) is 0 Å². The first-order valence-corrected chi connectivity index (χ1v) is 5.94. The van der Waals surface area contributed by atoms with Crippen molar-refractivity contribution in [2.75, 3.05) is 0 Å². The minimum absolute atomic E-state index is 0.0268. The molecule has 0 bridgehead atoms. The Morgan fingerprint density at radius 2 is 1.88 bits per heavy atom. The van der Waals surface area contributed by atoms with Crippen LogP contribution < -0.4 is 4.74 Å². The second-order valence-corrected chi connectivity index (χ2v) is 4.08. The number of benzene rings is 1. The van der Waals surface area contributed by atoms with E-state index in [1.54, 1.807) is 6.20 Å². The summed E-state index contributed by atoms with van der Waals surface area (Å²) in [5.41, 5.74) is 2.22. The third-order valence-electron chi connectivity index (χ3n) is 2.69. The number of hydrogen-bond acceptors (Lipinski definition) is 2. The topological polar surface area (TPSA) is 22.1 Å². The van der Waals surface area contributed by atoms with Crippen LogP contribution in [0.1, 0.15) is 30.7 Å². The molecule has 2 aromatic rings. The molecule has 2 rings (SSSR count). The molecule has 17 heavy (non-hydrogen) atoms. The lowest BCUT2D eigenvalue weighted by Crippen LogP contribution is -2.07. The van der Waals surface area contributed by atoms with Crippen LogP contribution in [0.15, 0.2) is 48.7 Å². The average molecular weight is 227 g/mol. The van der Waals surface area contributed by atoms with Gasteiger partial charge >= 0.3 is 0 Å². The highest BCUT2D eigenvalue weighted by Gasteiger charge is 2.11. The summed E-state index contributed by atoms with van der Waals surface area (Å²) in [5, 5.41) is 0. The Morgan fingerprint density at radius 3 is 2.47 bits per heavy atom. The van der Waals surface area contributed by atoms with E-state index in [-0.39, 0.29) is 6.10 Å². The Balaban J connectivity index is 2.13.